The summed E-state index contributed by atoms with van der Waals surface area (Å²) in [5.41, 5.74) is 4.51. The van der Waals surface area contributed by atoms with Crippen molar-refractivity contribution in [2.24, 2.45) is 7.05 Å². The summed E-state index contributed by atoms with van der Waals surface area (Å²) in [6.45, 7) is 0. The number of rotatable bonds is 2. The molecule has 6 heteroatoms. The first-order valence-corrected chi connectivity index (χ1v) is 8.99. The molecule has 0 saturated carbocycles. The van der Waals surface area contributed by atoms with Crippen LogP contribution < -0.4 is 0 Å². The van der Waals surface area contributed by atoms with Crippen LogP contribution in [0.15, 0.2) is 53.5 Å². The molecule has 1 aromatic carbocycles. The van der Waals surface area contributed by atoms with Crippen molar-refractivity contribution in [1.82, 2.24) is 19.2 Å². The largest absolute Gasteiger partial charge is 0.350 e. The zero-order valence-electron chi connectivity index (χ0n) is 12.3. The Morgan fingerprint density at radius 2 is 2.00 bits per heavy atom. The molecule has 0 aliphatic heterocycles. The average molecular weight is 336 g/mol. The molecule has 5 rings (SSSR count). The molecule has 0 radical (unpaired) electrons. The summed E-state index contributed by atoms with van der Waals surface area (Å²) in [5.74, 6) is 0. The molecule has 23 heavy (non-hydrogen) atoms. The van der Waals surface area contributed by atoms with Crippen LogP contribution in [0.1, 0.15) is 0 Å². The maximum absolute atomic E-state index is 4.74. The molecule has 0 fully saturated rings. The fourth-order valence-corrected chi connectivity index (χ4v) is 4.43. The zero-order valence-corrected chi connectivity index (χ0v) is 13.9. The van der Waals surface area contributed by atoms with Gasteiger partial charge in [0.05, 0.1) is 11.9 Å². The van der Waals surface area contributed by atoms with Crippen molar-refractivity contribution < 1.29 is 0 Å². The van der Waals surface area contributed by atoms with Gasteiger partial charge < -0.3 is 4.57 Å². The molecule has 4 aromatic heterocycles. The lowest BCUT2D eigenvalue weighted by Gasteiger charge is -1.93. The van der Waals surface area contributed by atoms with E-state index in [9.17, 15) is 0 Å². The number of aromatic nitrogens is 4. The van der Waals surface area contributed by atoms with Gasteiger partial charge in [0, 0.05) is 40.7 Å². The molecule has 0 unspecified atom stereocenters. The molecular weight excluding hydrogens is 324 g/mol. The van der Waals surface area contributed by atoms with Crippen molar-refractivity contribution in [2.45, 2.75) is 0 Å². The minimum Gasteiger partial charge on any atom is -0.350 e. The van der Waals surface area contributed by atoms with Crippen LogP contribution >= 0.6 is 22.7 Å². The predicted molar refractivity (Wildman–Crippen MR) is 96.1 cm³/mol. The molecule has 0 N–H and O–H groups in total. The molecule has 4 heterocycles. The summed E-state index contributed by atoms with van der Waals surface area (Å²) >= 11 is 3.31. The molecule has 0 atom stereocenters. The van der Waals surface area contributed by atoms with Gasteiger partial charge in [-0.1, -0.05) is 29.5 Å². The SMILES string of the molecule is Cn1cc(-c2nn3cc(-c4ccsc4)nc3s2)c2ccccc21. The van der Waals surface area contributed by atoms with Crippen molar-refractivity contribution >= 4 is 38.5 Å². The predicted octanol–water partition coefficient (Wildman–Crippen LogP) is 4.68. The Morgan fingerprint density at radius 3 is 2.83 bits per heavy atom. The van der Waals surface area contributed by atoms with Gasteiger partial charge in [0.2, 0.25) is 4.96 Å². The van der Waals surface area contributed by atoms with Crippen LogP contribution in [0.25, 0.3) is 37.7 Å². The van der Waals surface area contributed by atoms with Gasteiger partial charge in [0.1, 0.15) is 5.01 Å². The van der Waals surface area contributed by atoms with E-state index < -0.39 is 0 Å². The Morgan fingerprint density at radius 1 is 1.09 bits per heavy atom. The second kappa shape index (κ2) is 4.78. The van der Waals surface area contributed by atoms with Crippen LogP contribution in [0.4, 0.5) is 0 Å². The van der Waals surface area contributed by atoms with Gasteiger partial charge in [0.25, 0.3) is 0 Å². The summed E-state index contributed by atoms with van der Waals surface area (Å²) in [7, 11) is 2.07. The van der Waals surface area contributed by atoms with Crippen molar-refractivity contribution in [3.8, 4) is 21.8 Å². The molecule has 112 valence electrons. The number of hydrogen-bond donors (Lipinski definition) is 0. The summed E-state index contributed by atoms with van der Waals surface area (Å²) in [6, 6.07) is 10.5. The zero-order chi connectivity index (χ0) is 15.4. The minimum atomic E-state index is 0.925. The van der Waals surface area contributed by atoms with E-state index in [-0.39, 0.29) is 0 Å². The summed E-state index contributed by atoms with van der Waals surface area (Å²) < 4.78 is 4.03. The lowest BCUT2D eigenvalue weighted by Crippen LogP contribution is -1.82. The maximum atomic E-state index is 4.74. The van der Waals surface area contributed by atoms with Gasteiger partial charge in [-0.15, -0.1) is 0 Å². The number of hydrogen-bond acceptors (Lipinski definition) is 4. The van der Waals surface area contributed by atoms with Crippen LogP contribution in [0.3, 0.4) is 0 Å². The lowest BCUT2D eigenvalue weighted by atomic mass is 10.2. The van der Waals surface area contributed by atoms with Crippen LogP contribution in [0, 0.1) is 0 Å². The topological polar surface area (TPSA) is 35.1 Å². The highest BCUT2D eigenvalue weighted by atomic mass is 32.1. The Hall–Kier alpha value is -2.44. The molecule has 5 aromatic rings. The lowest BCUT2D eigenvalue weighted by molar-refractivity contribution is 0.961. The van der Waals surface area contributed by atoms with E-state index >= 15 is 0 Å². The van der Waals surface area contributed by atoms with Gasteiger partial charge in [-0.25, -0.2) is 9.50 Å². The first-order valence-electron chi connectivity index (χ1n) is 7.23. The number of nitrogens with zero attached hydrogens (tertiary/aromatic N) is 4. The molecular formula is C17H12N4S2. The summed E-state index contributed by atoms with van der Waals surface area (Å²) in [4.78, 5) is 5.63. The number of para-hydroxylation sites is 1. The second-order valence-corrected chi connectivity index (χ2v) is 7.18. The van der Waals surface area contributed by atoms with E-state index in [0.717, 1.165) is 26.8 Å². The average Bonchev–Trinajstić information content (AvgIpc) is 3.29. The highest BCUT2D eigenvalue weighted by Crippen LogP contribution is 2.34. The third-order valence-electron chi connectivity index (χ3n) is 3.99. The van der Waals surface area contributed by atoms with Gasteiger partial charge in [-0.2, -0.15) is 16.4 Å². The number of benzene rings is 1. The van der Waals surface area contributed by atoms with E-state index in [0.29, 0.717) is 0 Å². The fourth-order valence-electron chi connectivity index (χ4n) is 2.87. The maximum Gasteiger partial charge on any atom is 0.213 e. The van der Waals surface area contributed by atoms with E-state index in [1.165, 1.54) is 10.9 Å². The molecule has 0 bridgehead atoms. The molecule has 0 saturated heterocycles. The fraction of sp³-hybridized carbons (Fsp3) is 0.0588. The summed E-state index contributed by atoms with van der Waals surface area (Å²) in [6.07, 6.45) is 4.14. The number of fused-ring (bicyclic) bond motifs is 2. The van der Waals surface area contributed by atoms with Crippen LogP contribution in [-0.2, 0) is 7.05 Å². The quantitative estimate of drug-likeness (QED) is 0.469. The first-order chi connectivity index (χ1) is 11.3. The van der Waals surface area contributed by atoms with Crippen molar-refractivity contribution in [3.05, 3.63) is 53.5 Å². The van der Waals surface area contributed by atoms with Gasteiger partial charge >= 0.3 is 0 Å². The Labute approximate surface area is 140 Å². The Balaban J connectivity index is 1.67. The highest BCUT2D eigenvalue weighted by molar-refractivity contribution is 7.20. The highest BCUT2D eigenvalue weighted by Gasteiger charge is 2.15. The minimum absolute atomic E-state index is 0.925. The monoisotopic (exact) mass is 336 g/mol. The first kappa shape index (κ1) is 13.0. The van der Waals surface area contributed by atoms with Crippen LogP contribution in [0.5, 0.6) is 0 Å². The second-order valence-electron chi connectivity index (χ2n) is 5.44. The third kappa shape index (κ3) is 1.95. The van der Waals surface area contributed by atoms with Crippen LogP contribution in [0.2, 0.25) is 0 Å². The molecule has 0 amide bonds. The van der Waals surface area contributed by atoms with E-state index in [2.05, 4.69) is 58.9 Å². The van der Waals surface area contributed by atoms with Crippen LogP contribution in [-0.4, -0.2) is 19.2 Å². The van der Waals surface area contributed by atoms with Crippen molar-refractivity contribution in [2.75, 3.05) is 0 Å². The Bertz CT molecular complexity index is 1100. The van der Waals surface area contributed by atoms with E-state index in [1.807, 2.05) is 10.7 Å². The number of thiophene rings is 1. The normalized spacial score (nSPS) is 11.7. The molecule has 0 spiro atoms. The molecule has 0 aliphatic carbocycles. The smallest absolute Gasteiger partial charge is 0.213 e. The van der Waals surface area contributed by atoms with Gasteiger partial charge in [-0.3, -0.25) is 0 Å². The van der Waals surface area contributed by atoms with E-state index in [1.54, 1.807) is 22.7 Å². The van der Waals surface area contributed by atoms with E-state index in [4.69, 9.17) is 10.1 Å². The standard InChI is InChI=1S/C17H12N4S2/c1-20-8-13(12-4-2-3-5-15(12)20)16-19-21-9-14(18-17(21)23-16)11-6-7-22-10-11/h2-10H,1H3. The van der Waals surface area contributed by atoms with Gasteiger partial charge in [-0.05, 0) is 17.5 Å². The number of aryl methyl sites for hydroxylation is 1. The van der Waals surface area contributed by atoms with Crippen molar-refractivity contribution in [3.63, 3.8) is 0 Å². The van der Waals surface area contributed by atoms with Gasteiger partial charge in [0.15, 0.2) is 0 Å². The third-order valence-corrected chi connectivity index (χ3v) is 5.63. The molecule has 0 aliphatic rings. The Kier molecular flexibility index (Phi) is 2.71. The molecule has 4 nitrogen and oxygen atoms in total. The summed E-state index contributed by atoms with van der Waals surface area (Å²) in [5, 5.41) is 11.1. The van der Waals surface area contributed by atoms with Crippen molar-refractivity contribution in [1.29, 1.82) is 0 Å². The number of imidazole rings is 1.